The molecule has 1 aliphatic heterocycles. The highest BCUT2D eigenvalue weighted by Crippen LogP contribution is 2.32. The fraction of sp³-hybridized carbons (Fsp3) is 0.261. The van der Waals surface area contributed by atoms with Gasteiger partial charge in [0.2, 0.25) is 0 Å². The Morgan fingerprint density at radius 2 is 1.81 bits per heavy atom. The number of carbonyl (C=O) groups excluding carboxylic acids is 2. The van der Waals surface area contributed by atoms with Crippen molar-refractivity contribution >= 4 is 52.3 Å². The van der Waals surface area contributed by atoms with E-state index in [9.17, 15) is 9.59 Å². The number of rotatable bonds is 6. The molecule has 3 N–H and O–H groups in total. The van der Waals surface area contributed by atoms with Gasteiger partial charge in [-0.15, -0.1) is 0 Å². The Morgan fingerprint density at radius 1 is 1.12 bits per heavy atom. The number of halogens is 1. The molecule has 32 heavy (non-hydrogen) atoms. The van der Waals surface area contributed by atoms with Gasteiger partial charge in [0.15, 0.2) is 5.11 Å². The van der Waals surface area contributed by atoms with Crippen LogP contribution in [0.5, 0.6) is 0 Å². The van der Waals surface area contributed by atoms with E-state index in [1.54, 1.807) is 43.3 Å². The number of anilines is 2. The zero-order valence-electron chi connectivity index (χ0n) is 18.1. The molecule has 0 saturated heterocycles. The average molecular weight is 473 g/mol. The van der Waals surface area contributed by atoms with Crippen LogP contribution in [0.2, 0.25) is 5.02 Å². The summed E-state index contributed by atoms with van der Waals surface area (Å²) in [6, 6.07) is 13.3. The molecule has 9 heteroatoms. The molecule has 0 unspecified atom stereocenters. The zero-order chi connectivity index (χ0) is 23.3. The molecule has 3 rings (SSSR count). The van der Waals surface area contributed by atoms with E-state index in [2.05, 4.69) is 16.0 Å². The Balaban J connectivity index is 1.78. The molecule has 1 aliphatic rings. The van der Waals surface area contributed by atoms with Gasteiger partial charge in [-0.2, -0.15) is 0 Å². The quantitative estimate of drug-likeness (QED) is 0.402. The van der Waals surface area contributed by atoms with Gasteiger partial charge in [-0.3, -0.25) is 0 Å². The van der Waals surface area contributed by atoms with Crippen LogP contribution in [0.1, 0.15) is 32.4 Å². The molecule has 0 radical (unpaired) electrons. The van der Waals surface area contributed by atoms with Gasteiger partial charge in [0.25, 0.3) is 0 Å². The maximum atomic E-state index is 12.7. The first-order chi connectivity index (χ1) is 15.3. The summed E-state index contributed by atoms with van der Waals surface area (Å²) in [4.78, 5) is 26.9. The van der Waals surface area contributed by atoms with Crippen molar-refractivity contribution in [3.63, 3.8) is 0 Å². The molecule has 2 aromatic carbocycles. The van der Waals surface area contributed by atoms with Crippen molar-refractivity contribution < 1.29 is 14.3 Å². The maximum absolute atomic E-state index is 12.7. The monoisotopic (exact) mass is 472 g/mol. The smallest absolute Gasteiger partial charge is 0.338 e. The van der Waals surface area contributed by atoms with E-state index < -0.39 is 12.1 Å². The van der Waals surface area contributed by atoms with Crippen molar-refractivity contribution in [2.24, 2.45) is 0 Å². The second-order valence-electron chi connectivity index (χ2n) is 7.06. The van der Waals surface area contributed by atoms with Gasteiger partial charge in [-0.1, -0.05) is 29.8 Å². The summed E-state index contributed by atoms with van der Waals surface area (Å²) in [6.45, 7) is 6.53. The number of carbonyl (C=O) groups is 2. The SMILES string of the molecule is CCOC(=O)C1=C(C)N(CC)C(=S)N[C@H]1c1ccc(NC(=O)Nc2cccc(Cl)c2)cc1. The molecular formula is C23H25ClN4O3S. The van der Waals surface area contributed by atoms with Crippen LogP contribution in [0.25, 0.3) is 0 Å². The van der Waals surface area contributed by atoms with E-state index in [1.165, 1.54) is 0 Å². The number of nitrogens with one attached hydrogen (secondary N) is 3. The van der Waals surface area contributed by atoms with Crippen molar-refractivity contribution in [1.29, 1.82) is 0 Å². The molecule has 0 saturated carbocycles. The predicted octanol–water partition coefficient (Wildman–Crippen LogP) is 5.07. The lowest BCUT2D eigenvalue weighted by atomic mass is 9.95. The van der Waals surface area contributed by atoms with Gasteiger partial charge in [-0.05, 0) is 68.9 Å². The molecule has 2 aromatic rings. The minimum Gasteiger partial charge on any atom is -0.463 e. The van der Waals surface area contributed by atoms with Gasteiger partial charge in [0, 0.05) is 28.6 Å². The molecule has 0 spiro atoms. The summed E-state index contributed by atoms with van der Waals surface area (Å²) in [5.74, 6) is -0.383. The van der Waals surface area contributed by atoms with E-state index in [1.807, 2.05) is 30.9 Å². The van der Waals surface area contributed by atoms with E-state index >= 15 is 0 Å². The molecule has 2 amide bonds. The van der Waals surface area contributed by atoms with Gasteiger partial charge >= 0.3 is 12.0 Å². The lowest BCUT2D eigenvalue weighted by Gasteiger charge is -2.37. The number of allylic oxidation sites excluding steroid dienone is 1. The van der Waals surface area contributed by atoms with Crippen LogP contribution < -0.4 is 16.0 Å². The first-order valence-electron chi connectivity index (χ1n) is 10.2. The Hall–Kier alpha value is -3.10. The minimum absolute atomic E-state index is 0.281. The molecule has 0 aromatic heterocycles. The third-order valence-electron chi connectivity index (χ3n) is 4.99. The van der Waals surface area contributed by atoms with Crippen molar-refractivity contribution in [1.82, 2.24) is 10.2 Å². The van der Waals surface area contributed by atoms with Gasteiger partial charge in [0.1, 0.15) is 0 Å². The molecular weight excluding hydrogens is 448 g/mol. The second-order valence-corrected chi connectivity index (χ2v) is 7.88. The fourth-order valence-corrected chi connectivity index (χ4v) is 4.08. The van der Waals surface area contributed by atoms with Crippen molar-refractivity contribution in [3.8, 4) is 0 Å². The van der Waals surface area contributed by atoms with Crippen LogP contribution >= 0.6 is 23.8 Å². The number of amides is 2. The number of hydrogen-bond donors (Lipinski definition) is 3. The average Bonchev–Trinajstić information content (AvgIpc) is 2.74. The Bertz CT molecular complexity index is 1060. The summed E-state index contributed by atoms with van der Waals surface area (Å²) < 4.78 is 5.29. The third-order valence-corrected chi connectivity index (χ3v) is 5.57. The predicted molar refractivity (Wildman–Crippen MR) is 131 cm³/mol. The van der Waals surface area contributed by atoms with Crippen LogP contribution in [-0.4, -0.2) is 35.2 Å². The molecule has 7 nitrogen and oxygen atoms in total. The number of nitrogens with zero attached hydrogens (tertiary/aromatic N) is 1. The number of urea groups is 1. The van der Waals surface area contributed by atoms with Gasteiger partial charge in [0.05, 0.1) is 18.2 Å². The van der Waals surface area contributed by atoms with Crippen LogP contribution in [0.15, 0.2) is 59.8 Å². The summed E-state index contributed by atoms with van der Waals surface area (Å²) in [6.07, 6.45) is 0. The number of hydrogen-bond acceptors (Lipinski definition) is 4. The Morgan fingerprint density at radius 3 is 2.44 bits per heavy atom. The minimum atomic E-state index is -0.446. The highest BCUT2D eigenvalue weighted by molar-refractivity contribution is 7.80. The molecule has 168 valence electrons. The summed E-state index contributed by atoms with van der Waals surface area (Å²) in [5, 5.41) is 9.83. The molecule has 0 bridgehead atoms. The lowest BCUT2D eigenvalue weighted by Crippen LogP contribution is -2.47. The zero-order valence-corrected chi connectivity index (χ0v) is 19.6. The largest absolute Gasteiger partial charge is 0.463 e. The third kappa shape index (κ3) is 5.38. The Labute approximate surface area is 197 Å². The number of benzene rings is 2. The van der Waals surface area contributed by atoms with E-state index in [0.717, 1.165) is 11.3 Å². The lowest BCUT2D eigenvalue weighted by molar-refractivity contribution is -0.139. The molecule has 1 atom stereocenters. The summed E-state index contributed by atoms with van der Waals surface area (Å²) in [7, 11) is 0. The van der Waals surface area contributed by atoms with E-state index in [4.69, 9.17) is 28.6 Å². The number of esters is 1. The van der Waals surface area contributed by atoms with Crippen LogP contribution in [0, 0.1) is 0 Å². The highest BCUT2D eigenvalue weighted by Gasteiger charge is 2.34. The van der Waals surface area contributed by atoms with Crippen LogP contribution in [0.3, 0.4) is 0 Å². The standard InChI is InChI=1S/C23H25ClN4O3S/c1-4-28-14(3)19(21(29)31-5-2)20(27-23(28)32)15-9-11-17(12-10-15)25-22(30)26-18-8-6-7-16(24)13-18/h6-13,20H,4-5H2,1-3H3,(H,27,32)(H2,25,26,30)/t20-/m0/s1. The molecule has 1 heterocycles. The van der Waals surface area contributed by atoms with E-state index in [0.29, 0.717) is 33.6 Å². The van der Waals surface area contributed by atoms with E-state index in [-0.39, 0.29) is 12.6 Å². The normalized spacial score (nSPS) is 15.8. The Kier molecular flexibility index (Phi) is 7.71. The maximum Gasteiger partial charge on any atom is 0.338 e. The van der Waals surface area contributed by atoms with Crippen molar-refractivity contribution in [2.75, 3.05) is 23.8 Å². The highest BCUT2D eigenvalue weighted by atomic mass is 35.5. The molecule has 0 fully saturated rings. The van der Waals surface area contributed by atoms with Crippen LogP contribution in [0.4, 0.5) is 16.2 Å². The van der Waals surface area contributed by atoms with Crippen molar-refractivity contribution in [2.45, 2.75) is 26.8 Å². The van der Waals surface area contributed by atoms with Crippen LogP contribution in [-0.2, 0) is 9.53 Å². The number of ether oxygens (including phenoxy) is 1. The van der Waals surface area contributed by atoms with Gasteiger partial charge in [-0.25, -0.2) is 9.59 Å². The fourth-order valence-electron chi connectivity index (χ4n) is 3.50. The van der Waals surface area contributed by atoms with Gasteiger partial charge < -0.3 is 25.6 Å². The first kappa shape index (κ1) is 23.6. The van der Waals surface area contributed by atoms with Crippen molar-refractivity contribution in [3.05, 3.63) is 70.4 Å². The first-order valence-corrected chi connectivity index (χ1v) is 11.0. The topological polar surface area (TPSA) is 82.7 Å². The summed E-state index contributed by atoms with van der Waals surface area (Å²) >= 11 is 11.4. The molecule has 0 aliphatic carbocycles. The summed E-state index contributed by atoms with van der Waals surface area (Å²) in [5.41, 5.74) is 3.29. The second kappa shape index (κ2) is 10.5. The number of thiocarbonyl (C=S) groups is 1.